The molecule has 0 radical (unpaired) electrons. The summed E-state index contributed by atoms with van der Waals surface area (Å²) >= 11 is 0. The van der Waals surface area contributed by atoms with Crippen molar-refractivity contribution in [2.75, 3.05) is 5.73 Å². The number of para-hydroxylation sites is 1. The lowest BCUT2D eigenvalue weighted by atomic mass is 10.1. The van der Waals surface area contributed by atoms with Crippen LogP contribution in [0.2, 0.25) is 0 Å². The summed E-state index contributed by atoms with van der Waals surface area (Å²) in [5.74, 6) is -0.216. The molecule has 1 heterocycles. The minimum absolute atomic E-state index is 0.287. The number of fused-ring (bicyclic) bond motifs is 1. The fourth-order valence-electron chi connectivity index (χ4n) is 2.70. The van der Waals surface area contributed by atoms with Gasteiger partial charge in [-0.25, -0.2) is 13.8 Å². The maximum Gasteiger partial charge on any atom is 0.151 e. The van der Waals surface area contributed by atoms with Crippen LogP contribution in [0.1, 0.15) is 18.9 Å². The average molecular weight is 285 g/mol. The predicted molar refractivity (Wildman–Crippen MR) is 77.8 cm³/mol. The zero-order valence-corrected chi connectivity index (χ0v) is 11.2. The van der Waals surface area contributed by atoms with Crippen molar-refractivity contribution in [1.82, 2.24) is 9.55 Å². The van der Waals surface area contributed by atoms with Crippen molar-refractivity contribution >= 4 is 16.7 Å². The molecule has 0 bridgehead atoms. The highest BCUT2D eigenvalue weighted by Gasteiger charge is 2.30. The van der Waals surface area contributed by atoms with Crippen LogP contribution in [0.5, 0.6) is 0 Å². The summed E-state index contributed by atoms with van der Waals surface area (Å²) < 4.78 is 29.5. The third kappa shape index (κ3) is 1.88. The first-order valence-corrected chi connectivity index (χ1v) is 6.87. The fraction of sp³-hybridized carbons (Fsp3) is 0.188. The minimum Gasteiger partial charge on any atom is -0.398 e. The topological polar surface area (TPSA) is 43.8 Å². The van der Waals surface area contributed by atoms with Crippen molar-refractivity contribution in [2.45, 2.75) is 18.9 Å². The van der Waals surface area contributed by atoms with Crippen LogP contribution >= 0.6 is 0 Å². The molecule has 3 aromatic rings. The van der Waals surface area contributed by atoms with E-state index in [2.05, 4.69) is 4.98 Å². The lowest BCUT2D eigenvalue weighted by Crippen LogP contribution is -2.00. The van der Waals surface area contributed by atoms with Crippen molar-refractivity contribution in [3.8, 4) is 11.4 Å². The number of nitrogens with two attached hydrogens (primary N) is 1. The number of anilines is 1. The van der Waals surface area contributed by atoms with Crippen LogP contribution in [-0.2, 0) is 0 Å². The second kappa shape index (κ2) is 4.28. The molecule has 21 heavy (non-hydrogen) atoms. The molecule has 1 aliphatic rings. The van der Waals surface area contributed by atoms with Gasteiger partial charge in [-0.05, 0) is 43.2 Å². The van der Waals surface area contributed by atoms with Gasteiger partial charge < -0.3 is 10.3 Å². The number of hydrogen-bond donors (Lipinski definition) is 1. The van der Waals surface area contributed by atoms with E-state index in [-0.39, 0.29) is 17.7 Å². The quantitative estimate of drug-likeness (QED) is 0.726. The van der Waals surface area contributed by atoms with E-state index in [4.69, 9.17) is 5.73 Å². The summed E-state index contributed by atoms with van der Waals surface area (Å²) in [6, 6.07) is 9.34. The van der Waals surface area contributed by atoms with Gasteiger partial charge in [-0.3, -0.25) is 0 Å². The normalized spacial score (nSPS) is 14.8. The maximum absolute atomic E-state index is 14.0. The molecule has 1 aromatic heterocycles. The average Bonchev–Trinajstić information content (AvgIpc) is 3.22. The molecular weight excluding hydrogens is 272 g/mol. The van der Waals surface area contributed by atoms with E-state index >= 15 is 0 Å². The molecule has 0 unspecified atom stereocenters. The zero-order valence-electron chi connectivity index (χ0n) is 11.2. The lowest BCUT2D eigenvalue weighted by Gasteiger charge is -2.09. The summed E-state index contributed by atoms with van der Waals surface area (Å²) in [6.07, 6.45) is 2.04. The van der Waals surface area contributed by atoms with Crippen molar-refractivity contribution in [3.63, 3.8) is 0 Å². The Kier molecular flexibility index (Phi) is 2.51. The smallest absolute Gasteiger partial charge is 0.151 e. The third-order valence-electron chi connectivity index (χ3n) is 3.84. The number of halogens is 2. The number of nitrogens with zero attached hydrogens (tertiary/aromatic N) is 2. The number of benzene rings is 2. The van der Waals surface area contributed by atoms with Crippen LogP contribution < -0.4 is 5.73 Å². The Hall–Kier alpha value is -2.43. The molecule has 0 atom stereocenters. The van der Waals surface area contributed by atoms with Crippen molar-refractivity contribution < 1.29 is 8.78 Å². The van der Waals surface area contributed by atoms with Crippen LogP contribution in [0, 0.1) is 11.6 Å². The molecule has 106 valence electrons. The summed E-state index contributed by atoms with van der Waals surface area (Å²) in [5, 5.41) is 0. The highest BCUT2D eigenvalue weighted by molar-refractivity contribution is 5.84. The Balaban J connectivity index is 2.06. The summed E-state index contributed by atoms with van der Waals surface area (Å²) in [7, 11) is 0. The van der Waals surface area contributed by atoms with Gasteiger partial charge in [0.15, 0.2) is 5.82 Å². The molecule has 4 rings (SSSR count). The molecule has 1 aliphatic carbocycles. The lowest BCUT2D eigenvalue weighted by molar-refractivity contribution is 0.628. The van der Waals surface area contributed by atoms with E-state index in [0.29, 0.717) is 22.6 Å². The van der Waals surface area contributed by atoms with Crippen LogP contribution in [0.15, 0.2) is 36.4 Å². The predicted octanol–water partition coefficient (Wildman–Crippen LogP) is 3.90. The highest BCUT2D eigenvalue weighted by atomic mass is 19.1. The first-order valence-electron chi connectivity index (χ1n) is 6.87. The van der Waals surface area contributed by atoms with E-state index in [9.17, 15) is 8.78 Å². The van der Waals surface area contributed by atoms with E-state index in [0.717, 1.165) is 18.4 Å². The van der Waals surface area contributed by atoms with Crippen molar-refractivity contribution in [3.05, 3.63) is 48.0 Å². The molecule has 1 fully saturated rings. The van der Waals surface area contributed by atoms with Crippen LogP contribution in [0.25, 0.3) is 22.4 Å². The zero-order chi connectivity index (χ0) is 14.6. The van der Waals surface area contributed by atoms with Crippen LogP contribution in [-0.4, -0.2) is 9.55 Å². The molecule has 0 spiro atoms. The maximum atomic E-state index is 14.0. The Labute approximate surface area is 120 Å². The molecule has 1 saturated carbocycles. The van der Waals surface area contributed by atoms with Crippen LogP contribution in [0.4, 0.5) is 14.5 Å². The first-order chi connectivity index (χ1) is 10.1. The van der Waals surface area contributed by atoms with Gasteiger partial charge in [0.25, 0.3) is 0 Å². The number of imidazole rings is 1. The summed E-state index contributed by atoms with van der Waals surface area (Å²) in [4.78, 5) is 4.39. The second-order valence-corrected chi connectivity index (χ2v) is 5.38. The first kappa shape index (κ1) is 12.3. The SMILES string of the molecule is Nc1ccc(F)cc1-c1nc2c(F)cccc2n1C1CC1. The van der Waals surface area contributed by atoms with Gasteiger partial charge in [-0.15, -0.1) is 0 Å². The van der Waals surface area contributed by atoms with Gasteiger partial charge in [0.05, 0.1) is 5.52 Å². The van der Waals surface area contributed by atoms with Gasteiger partial charge >= 0.3 is 0 Å². The van der Waals surface area contributed by atoms with Gasteiger partial charge in [0.1, 0.15) is 17.2 Å². The molecule has 5 heteroatoms. The fourth-order valence-corrected chi connectivity index (χ4v) is 2.70. The van der Waals surface area contributed by atoms with Crippen LogP contribution in [0.3, 0.4) is 0 Å². The minimum atomic E-state index is -0.380. The highest BCUT2D eigenvalue weighted by Crippen LogP contribution is 2.42. The number of aromatic nitrogens is 2. The molecule has 0 amide bonds. The second-order valence-electron chi connectivity index (χ2n) is 5.38. The molecule has 3 nitrogen and oxygen atoms in total. The Morgan fingerprint density at radius 1 is 1.14 bits per heavy atom. The number of nitrogen functional groups attached to an aromatic ring is 1. The van der Waals surface area contributed by atoms with Gasteiger partial charge in [-0.1, -0.05) is 6.07 Å². The van der Waals surface area contributed by atoms with E-state index < -0.39 is 0 Å². The summed E-state index contributed by atoms with van der Waals surface area (Å²) in [5.41, 5.74) is 7.95. The molecule has 0 saturated heterocycles. The number of rotatable bonds is 2. The molecule has 2 aromatic carbocycles. The Morgan fingerprint density at radius 3 is 2.71 bits per heavy atom. The van der Waals surface area contributed by atoms with E-state index in [1.54, 1.807) is 6.07 Å². The Morgan fingerprint density at radius 2 is 1.95 bits per heavy atom. The van der Waals surface area contributed by atoms with E-state index in [1.165, 1.54) is 24.3 Å². The molecule has 2 N–H and O–H groups in total. The third-order valence-corrected chi connectivity index (χ3v) is 3.84. The molecule has 0 aliphatic heterocycles. The van der Waals surface area contributed by atoms with Crippen molar-refractivity contribution in [2.24, 2.45) is 0 Å². The number of hydrogen-bond acceptors (Lipinski definition) is 2. The molecular formula is C16H13F2N3. The van der Waals surface area contributed by atoms with Gasteiger partial charge in [0.2, 0.25) is 0 Å². The van der Waals surface area contributed by atoms with Crippen molar-refractivity contribution in [1.29, 1.82) is 0 Å². The standard InChI is InChI=1S/C16H13F2N3/c17-9-4-7-13(19)11(8-9)16-20-15-12(18)2-1-3-14(15)21(16)10-5-6-10/h1-4,7-8,10H,5-6,19H2. The van der Waals surface area contributed by atoms with E-state index in [1.807, 2.05) is 10.6 Å². The Bertz CT molecular complexity index is 850. The largest absolute Gasteiger partial charge is 0.398 e. The monoisotopic (exact) mass is 285 g/mol. The van der Waals surface area contributed by atoms with Gasteiger partial charge in [0, 0.05) is 17.3 Å². The summed E-state index contributed by atoms with van der Waals surface area (Å²) in [6.45, 7) is 0. The van der Waals surface area contributed by atoms with Gasteiger partial charge in [-0.2, -0.15) is 0 Å².